The molecule has 4 rings (SSSR count). The number of pyridine rings is 1. The van der Waals surface area contributed by atoms with Gasteiger partial charge < -0.3 is 10.4 Å². The van der Waals surface area contributed by atoms with Gasteiger partial charge in [0, 0.05) is 17.3 Å². The van der Waals surface area contributed by atoms with E-state index in [-0.39, 0.29) is 0 Å². The standard InChI is InChI=1S/C21H17IN2O/c22-17-13-14(9-10-20(17)25)11-12-23-21-15-5-1-3-7-18(15)24-19-8-4-2-6-16(19)21/h1-10,13,25H,11-12H2,(H,23,24)/i22-2. The van der Waals surface area contributed by atoms with E-state index in [1.54, 1.807) is 6.07 Å². The highest BCUT2D eigenvalue weighted by Crippen LogP contribution is 2.30. The van der Waals surface area contributed by atoms with Crippen LogP contribution in [-0.2, 0) is 6.42 Å². The third-order valence-electron chi connectivity index (χ3n) is 4.32. The van der Waals surface area contributed by atoms with Crippen LogP contribution in [0, 0.1) is 3.57 Å². The van der Waals surface area contributed by atoms with Crippen molar-refractivity contribution in [1.29, 1.82) is 0 Å². The van der Waals surface area contributed by atoms with Gasteiger partial charge >= 0.3 is 0 Å². The lowest BCUT2D eigenvalue weighted by Crippen LogP contribution is -2.06. The molecular formula is C21H17IN2O. The Labute approximate surface area is 159 Å². The second-order valence-corrected chi connectivity index (χ2v) is 7.15. The fourth-order valence-electron chi connectivity index (χ4n) is 3.07. The molecule has 0 aliphatic heterocycles. The number of aromatic nitrogens is 1. The molecule has 0 aliphatic carbocycles. The first kappa shape index (κ1) is 16.1. The molecule has 3 nitrogen and oxygen atoms in total. The third kappa shape index (κ3) is 3.26. The number of hydrogen-bond acceptors (Lipinski definition) is 3. The summed E-state index contributed by atoms with van der Waals surface area (Å²) in [4.78, 5) is 4.76. The summed E-state index contributed by atoms with van der Waals surface area (Å²) in [7, 11) is 0. The number of nitrogens with one attached hydrogen (secondary N) is 1. The Hall–Kier alpha value is -2.34. The van der Waals surface area contributed by atoms with Crippen LogP contribution in [0.4, 0.5) is 5.69 Å². The molecule has 1 aromatic heterocycles. The Morgan fingerprint density at radius 3 is 2.16 bits per heavy atom. The van der Waals surface area contributed by atoms with E-state index in [2.05, 4.69) is 52.2 Å². The summed E-state index contributed by atoms with van der Waals surface area (Å²) in [6, 6.07) is 22.2. The van der Waals surface area contributed by atoms with Gasteiger partial charge in [0.25, 0.3) is 0 Å². The molecule has 3 aromatic carbocycles. The van der Waals surface area contributed by atoms with Crippen molar-refractivity contribution in [3.8, 4) is 5.75 Å². The normalized spacial score (nSPS) is 11.1. The monoisotopic (exact) mass is 438 g/mol. The molecule has 0 amide bonds. The lowest BCUT2D eigenvalue weighted by molar-refractivity contribution is 0.471. The lowest BCUT2D eigenvalue weighted by atomic mass is 10.1. The molecular weight excluding hydrogens is 421 g/mol. The Morgan fingerprint density at radius 2 is 1.52 bits per heavy atom. The van der Waals surface area contributed by atoms with E-state index in [0.717, 1.165) is 44.0 Å². The maximum absolute atomic E-state index is 9.65. The van der Waals surface area contributed by atoms with Crippen molar-refractivity contribution >= 4 is 50.1 Å². The Bertz CT molecular complexity index is 1010. The summed E-state index contributed by atoms with van der Waals surface area (Å²) >= 11 is 2.16. The topological polar surface area (TPSA) is 45.1 Å². The van der Waals surface area contributed by atoms with Crippen LogP contribution in [0.3, 0.4) is 0 Å². The first-order valence-corrected chi connectivity index (χ1v) is 9.29. The molecule has 2 N–H and O–H groups in total. The van der Waals surface area contributed by atoms with Gasteiger partial charge in [-0.15, -0.1) is 0 Å². The van der Waals surface area contributed by atoms with E-state index in [9.17, 15) is 5.11 Å². The zero-order valence-electron chi connectivity index (χ0n) is 13.5. The summed E-state index contributed by atoms with van der Waals surface area (Å²) < 4.78 is 0.884. The number of hydrogen-bond donors (Lipinski definition) is 2. The number of fused-ring (bicyclic) bond motifs is 2. The molecule has 0 spiro atoms. The fraction of sp³-hybridized carbons (Fsp3) is 0.0952. The molecule has 0 saturated heterocycles. The van der Waals surface area contributed by atoms with Crippen molar-refractivity contribution in [2.24, 2.45) is 0 Å². The van der Waals surface area contributed by atoms with Crippen molar-refractivity contribution in [2.75, 3.05) is 11.9 Å². The van der Waals surface area contributed by atoms with E-state index in [1.807, 2.05) is 36.4 Å². The minimum atomic E-state index is 0.337. The highest BCUT2D eigenvalue weighted by molar-refractivity contribution is 14.1. The number of phenolic OH excluding ortho intramolecular Hbond substituents is 1. The number of benzene rings is 3. The Balaban J connectivity index is 1.66. The average Bonchev–Trinajstić information content (AvgIpc) is 2.64. The van der Waals surface area contributed by atoms with Crippen molar-refractivity contribution in [1.82, 2.24) is 4.98 Å². The van der Waals surface area contributed by atoms with Crippen LogP contribution in [0.1, 0.15) is 5.56 Å². The molecule has 25 heavy (non-hydrogen) atoms. The van der Waals surface area contributed by atoms with Gasteiger partial charge in [0.1, 0.15) is 5.75 Å². The highest BCUT2D eigenvalue weighted by atomic mass is 125. The van der Waals surface area contributed by atoms with Crippen LogP contribution in [0.15, 0.2) is 66.7 Å². The predicted molar refractivity (Wildman–Crippen MR) is 112 cm³/mol. The molecule has 0 unspecified atom stereocenters. The molecule has 0 fully saturated rings. The minimum Gasteiger partial charge on any atom is -0.507 e. The highest BCUT2D eigenvalue weighted by Gasteiger charge is 2.08. The van der Waals surface area contributed by atoms with Gasteiger partial charge in [0.05, 0.1) is 20.3 Å². The summed E-state index contributed by atoms with van der Waals surface area (Å²) in [6.07, 6.45) is 0.890. The smallest absolute Gasteiger partial charge is 0.128 e. The van der Waals surface area contributed by atoms with E-state index < -0.39 is 0 Å². The number of rotatable bonds is 4. The number of halogens is 1. The molecule has 1 heterocycles. The fourth-order valence-corrected chi connectivity index (χ4v) is 3.65. The van der Waals surface area contributed by atoms with E-state index in [0.29, 0.717) is 5.75 Å². The second kappa shape index (κ2) is 6.88. The van der Waals surface area contributed by atoms with Gasteiger partial charge in [-0.25, -0.2) is 4.98 Å². The van der Waals surface area contributed by atoms with Gasteiger partial charge in [-0.2, -0.15) is 0 Å². The maximum Gasteiger partial charge on any atom is 0.128 e. The zero-order valence-corrected chi connectivity index (χ0v) is 15.7. The average molecular weight is 438 g/mol. The van der Waals surface area contributed by atoms with Crippen LogP contribution in [0.25, 0.3) is 21.8 Å². The van der Waals surface area contributed by atoms with Gasteiger partial charge in [0.15, 0.2) is 0 Å². The first-order chi connectivity index (χ1) is 12.2. The number of nitrogens with zero attached hydrogens (tertiary/aromatic N) is 1. The molecule has 0 bridgehead atoms. The SMILES string of the molecule is Oc1ccc(CCNc2c3ccccc3nc3ccccc23)cc1[125I]. The van der Waals surface area contributed by atoms with Crippen LogP contribution in [-0.4, -0.2) is 16.6 Å². The summed E-state index contributed by atoms with van der Waals surface area (Å²) in [5.74, 6) is 0.337. The van der Waals surface area contributed by atoms with Crippen molar-refractivity contribution in [3.05, 3.63) is 75.9 Å². The number of aromatic hydroxyl groups is 1. The largest absolute Gasteiger partial charge is 0.507 e. The Kier molecular flexibility index (Phi) is 4.44. The van der Waals surface area contributed by atoms with Crippen LogP contribution in [0.5, 0.6) is 5.75 Å². The van der Waals surface area contributed by atoms with Crippen molar-refractivity contribution < 1.29 is 5.11 Å². The quantitative estimate of drug-likeness (QED) is 0.334. The first-order valence-electron chi connectivity index (χ1n) is 8.21. The molecule has 0 atom stereocenters. The predicted octanol–water partition coefficient (Wildman–Crippen LogP) is 5.35. The number of para-hydroxylation sites is 2. The van der Waals surface area contributed by atoms with Crippen molar-refractivity contribution in [3.63, 3.8) is 0 Å². The van der Waals surface area contributed by atoms with Crippen molar-refractivity contribution in [2.45, 2.75) is 6.42 Å². The minimum absolute atomic E-state index is 0.337. The Morgan fingerprint density at radius 1 is 0.880 bits per heavy atom. The van der Waals surface area contributed by atoms with E-state index >= 15 is 0 Å². The molecule has 4 heteroatoms. The van der Waals surface area contributed by atoms with E-state index in [4.69, 9.17) is 4.98 Å². The summed E-state index contributed by atoms with van der Waals surface area (Å²) in [5.41, 5.74) is 4.35. The van der Waals surface area contributed by atoms with Gasteiger partial charge in [-0.05, 0) is 58.8 Å². The molecule has 0 radical (unpaired) electrons. The van der Waals surface area contributed by atoms with E-state index in [1.165, 1.54) is 5.56 Å². The number of phenols is 1. The molecule has 0 saturated carbocycles. The molecule has 124 valence electrons. The van der Waals surface area contributed by atoms with Crippen LogP contribution < -0.4 is 5.32 Å². The summed E-state index contributed by atoms with van der Waals surface area (Å²) in [6.45, 7) is 0.818. The second-order valence-electron chi connectivity index (χ2n) is 5.98. The maximum atomic E-state index is 9.65. The van der Waals surface area contributed by atoms with Gasteiger partial charge in [-0.3, -0.25) is 0 Å². The third-order valence-corrected chi connectivity index (χ3v) is 5.18. The van der Waals surface area contributed by atoms with Gasteiger partial charge in [0.2, 0.25) is 0 Å². The van der Waals surface area contributed by atoms with Gasteiger partial charge in [-0.1, -0.05) is 42.5 Å². The molecule has 0 aliphatic rings. The molecule has 4 aromatic rings. The zero-order chi connectivity index (χ0) is 17.2. The summed E-state index contributed by atoms with van der Waals surface area (Å²) in [5, 5.41) is 15.5. The number of anilines is 1. The van der Waals surface area contributed by atoms with Crippen LogP contribution in [0.2, 0.25) is 0 Å². The lowest BCUT2D eigenvalue weighted by Gasteiger charge is -2.13. The van der Waals surface area contributed by atoms with Crippen LogP contribution >= 0.6 is 22.6 Å².